The third-order valence-electron chi connectivity index (χ3n) is 4.82. The van der Waals surface area contributed by atoms with Gasteiger partial charge >= 0.3 is 6.18 Å². The molecule has 1 aromatic heterocycles. The molecular weight excluding hydrogens is 381 g/mol. The number of hydrogen-bond acceptors (Lipinski definition) is 2. The molecule has 4 nitrogen and oxygen atoms in total. The Labute approximate surface area is 165 Å². The van der Waals surface area contributed by atoms with Gasteiger partial charge in [-0.05, 0) is 55.8 Å². The molecule has 1 unspecified atom stereocenters. The van der Waals surface area contributed by atoms with Crippen molar-refractivity contribution in [2.24, 2.45) is 0 Å². The molecule has 1 atom stereocenters. The Kier molecular flexibility index (Phi) is 5.33. The predicted molar refractivity (Wildman–Crippen MR) is 106 cm³/mol. The van der Waals surface area contributed by atoms with Crippen molar-refractivity contribution in [2.75, 3.05) is 0 Å². The van der Waals surface area contributed by atoms with E-state index in [0.29, 0.717) is 22.3 Å². The molecule has 3 rings (SSSR count). The van der Waals surface area contributed by atoms with Gasteiger partial charge in [-0.15, -0.1) is 0 Å². The van der Waals surface area contributed by atoms with Crippen molar-refractivity contribution in [1.82, 2.24) is 9.88 Å². The topological polar surface area (TPSA) is 51.1 Å². The molecule has 0 fully saturated rings. The van der Waals surface area contributed by atoms with Gasteiger partial charge in [-0.25, -0.2) is 0 Å². The second kappa shape index (κ2) is 7.58. The molecule has 29 heavy (non-hydrogen) atoms. The summed E-state index contributed by atoms with van der Waals surface area (Å²) in [7, 11) is 0. The molecule has 150 valence electrons. The average Bonchev–Trinajstić information content (AvgIpc) is 2.67. The fourth-order valence-electron chi connectivity index (χ4n) is 3.43. The van der Waals surface area contributed by atoms with Crippen LogP contribution in [0.15, 0.2) is 66.0 Å². The molecule has 0 aliphatic rings. The van der Waals surface area contributed by atoms with E-state index >= 15 is 0 Å². The van der Waals surface area contributed by atoms with Crippen molar-refractivity contribution in [3.8, 4) is 5.69 Å². The highest BCUT2D eigenvalue weighted by Gasteiger charge is 2.30. The highest BCUT2D eigenvalue weighted by Crippen LogP contribution is 2.30. The van der Waals surface area contributed by atoms with Crippen LogP contribution in [-0.4, -0.2) is 10.5 Å². The summed E-state index contributed by atoms with van der Waals surface area (Å²) in [6.45, 7) is 6.87. The lowest BCUT2D eigenvalue weighted by Gasteiger charge is -2.20. The van der Waals surface area contributed by atoms with Gasteiger partial charge < -0.3 is 5.32 Å². The molecule has 2 aromatic carbocycles. The first-order chi connectivity index (χ1) is 13.6. The summed E-state index contributed by atoms with van der Waals surface area (Å²) in [5.41, 5.74) is 0.739. The lowest BCUT2D eigenvalue weighted by molar-refractivity contribution is -0.137. The van der Waals surface area contributed by atoms with Gasteiger partial charge in [-0.3, -0.25) is 14.2 Å². The van der Waals surface area contributed by atoms with E-state index in [9.17, 15) is 22.8 Å². The van der Waals surface area contributed by atoms with Gasteiger partial charge in [-0.1, -0.05) is 24.8 Å². The molecular formula is C22H19F3N2O2. The van der Waals surface area contributed by atoms with Crippen molar-refractivity contribution in [3.05, 3.63) is 88.2 Å². The van der Waals surface area contributed by atoms with Crippen LogP contribution in [0.4, 0.5) is 13.2 Å². The Balaban J connectivity index is 2.28. The maximum absolute atomic E-state index is 13.4. The number of amides is 1. The normalized spacial score (nSPS) is 12.6. The Morgan fingerprint density at radius 1 is 1.14 bits per heavy atom. The second-order valence-electron chi connectivity index (χ2n) is 6.68. The summed E-state index contributed by atoms with van der Waals surface area (Å²) in [5.74, 6) is -0.425. The predicted octanol–water partition coefficient (Wildman–Crippen LogP) is 4.68. The van der Waals surface area contributed by atoms with Crippen molar-refractivity contribution < 1.29 is 18.0 Å². The van der Waals surface area contributed by atoms with Crippen molar-refractivity contribution in [1.29, 1.82) is 0 Å². The molecule has 0 aliphatic heterocycles. The molecule has 0 aliphatic carbocycles. The number of hydrogen-bond donors (Lipinski definition) is 1. The number of alkyl halides is 3. The molecule has 3 aromatic rings. The zero-order valence-corrected chi connectivity index (χ0v) is 15.9. The molecule has 1 amide bonds. The number of para-hydroxylation sites is 1. The van der Waals surface area contributed by atoms with E-state index in [0.717, 1.165) is 23.6 Å². The van der Waals surface area contributed by atoms with Crippen LogP contribution < -0.4 is 10.9 Å². The SMILES string of the molecule is C=CC(=O)NC(C)c1c(C)c2ccccc2n(-c2ccc(C(F)(F)F)cc2)c1=O. The number of halogens is 3. The minimum Gasteiger partial charge on any atom is -0.346 e. The minimum atomic E-state index is -4.46. The molecule has 0 saturated heterocycles. The van der Waals surface area contributed by atoms with E-state index in [2.05, 4.69) is 11.9 Å². The van der Waals surface area contributed by atoms with E-state index in [1.807, 2.05) is 12.1 Å². The van der Waals surface area contributed by atoms with Gasteiger partial charge in [0.05, 0.1) is 17.1 Å². The van der Waals surface area contributed by atoms with Crippen LogP contribution in [0.3, 0.4) is 0 Å². The fraction of sp³-hybridized carbons (Fsp3) is 0.182. The fourth-order valence-corrected chi connectivity index (χ4v) is 3.43. The molecule has 1 N–H and O–H groups in total. The first kappa shape index (κ1) is 20.4. The largest absolute Gasteiger partial charge is 0.416 e. The van der Waals surface area contributed by atoms with Crippen LogP contribution in [-0.2, 0) is 11.0 Å². The van der Waals surface area contributed by atoms with E-state index in [1.165, 1.54) is 16.7 Å². The number of pyridine rings is 1. The molecule has 1 heterocycles. The van der Waals surface area contributed by atoms with Gasteiger partial charge in [0.1, 0.15) is 0 Å². The Bertz CT molecular complexity index is 1150. The van der Waals surface area contributed by atoms with E-state index in [-0.39, 0.29) is 0 Å². The first-order valence-electron chi connectivity index (χ1n) is 8.90. The number of carbonyl (C=O) groups is 1. The zero-order chi connectivity index (χ0) is 21.3. The number of aromatic nitrogens is 1. The summed E-state index contributed by atoms with van der Waals surface area (Å²) < 4.78 is 40.1. The molecule has 0 bridgehead atoms. The van der Waals surface area contributed by atoms with Crippen LogP contribution in [0.25, 0.3) is 16.6 Å². The molecule has 0 spiro atoms. The van der Waals surface area contributed by atoms with E-state index in [1.54, 1.807) is 26.0 Å². The third kappa shape index (κ3) is 3.81. The monoisotopic (exact) mass is 400 g/mol. The highest BCUT2D eigenvalue weighted by molar-refractivity contribution is 5.88. The van der Waals surface area contributed by atoms with Gasteiger partial charge in [0, 0.05) is 16.6 Å². The Morgan fingerprint density at radius 3 is 2.34 bits per heavy atom. The van der Waals surface area contributed by atoms with Crippen LogP contribution in [0, 0.1) is 6.92 Å². The molecule has 7 heteroatoms. The van der Waals surface area contributed by atoms with Crippen LogP contribution in [0.5, 0.6) is 0 Å². The first-order valence-corrected chi connectivity index (χ1v) is 8.90. The summed E-state index contributed by atoms with van der Waals surface area (Å²) >= 11 is 0. The number of fused-ring (bicyclic) bond motifs is 1. The lowest BCUT2D eigenvalue weighted by atomic mass is 9.99. The Morgan fingerprint density at radius 2 is 1.76 bits per heavy atom. The highest BCUT2D eigenvalue weighted by atomic mass is 19.4. The molecule has 0 radical (unpaired) electrons. The van der Waals surface area contributed by atoms with Crippen LogP contribution in [0.1, 0.15) is 29.7 Å². The van der Waals surface area contributed by atoms with Gasteiger partial charge in [0.25, 0.3) is 5.56 Å². The van der Waals surface area contributed by atoms with E-state index in [4.69, 9.17) is 0 Å². The smallest absolute Gasteiger partial charge is 0.346 e. The van der Waals surface area contributed by atoms with Gasteiger partial charge in [0.2, 0.25) is 5.91 Å². The quantitative estimate of drug-likeness (QED) is 0.647. The maximum atomic E-state index is 13.4. The van der Waals surface area contributed by atoms with Crippen LogP contribution in [0.2, 0.25) is 0 Å². The summed E-state index contributed by atoms with van der Waals surface area (Å²) in [6.07, 6.45) is -3.35. The number of nitrogens with zero attached hydrogens (tertiary/aromatic N) is 1. The van der Waals surface area contributed by atoms with Crippen molar-refractivity contribution >= 4 is 16.8 Å². The number of rotatable bonds is 4. The second-order valence-corrected chi connectivity index (χ2v) is 6.68. The van der Waals surface area contributed by atoms with Gasteiger partial charge in [0.15, 0.2) is 0 Å². The summed E-state index contributed by atoms with van der Waals surface area (Å²) in [5, 5.41) is 3.45. The number of carbonyl (C=O) groups excluding carboxylic acids is 1. The van der Waals surface area contributed by atoms with Crippen molar-refractivity contribution in [2.45, 2.75) is 26.1 Å². The maximum Gasteiger partial charge on any atom is 0.416 e. The zero-order valence-electron chi connectivity index (χ0n) is 15.9. The average molecular weight is 400 g/mol. The number of aryl methyl sites for hydroxylation is 1. The van der Waals surface area contributed by atoms with Gasteiger partial charge in [-0.2, -0.15) is 13.2 Å². The third-order valence-corrected chi connectivity index (χ3v) is 4.82. The lowest BCUT2D eigenvalue weighted by Crippen LogP contribution is -2.33. The van der Waals surface area contributed by atoms with Crippen molar-refractivity contribution in [3.63, 3.8) is 0 Å². The molecule has 0 saturated carbocycles. The Hall–Kier alpha value is -3.35. The summed E-state index contributed by atoms with van der Waals surface area (Å²) in [4.78, 5) is 25.1. The van der Waals surface area contributed by atoms with E-state index < -0.39 is 29.2 Å². The summed E-state index contributed by atoms with van der Waals surface area (Å²) in [6, 6.07) is 10.9. The number of benzene rings is 2. The standard InChI is InChI=1S/C22H19F3N2O2/c1-4-19(28)26-14(3)20-13(2)17-7-5-6-8-18(17)27(21(20)29)16-11-9-15(10-12-16)22(23,24)25/h4-12,14H,1H2,2-3H3,(H,26,28). The van der Waals surface area contributed by atoms with Crippen LogP contribution >= 0.6 is 0 Å². The number of nitrogens with one attached hydrogen (secondary N) is 1. The minimum absolute atomic E-state index is 0.308.